The highest BCUT2D eigenvalue weighted by atomic mass is 32.2. The number of sulfonamides is 1. The zero-order valence-corrected chi connectivity index (χ0v) is 24.3. The van der Waals surface area contributed by atoms with E-state index >= 15 is 0 Å². The molecule has 12 heteroatoms. The van der Waals surface area contributed by atoms with Gasteiger partial charge >= 0.3 is 0 Å². The Morgan fingerprint density at radius 2 is 1.98 bits per heavy atom. The maximum Gasteiger partial charge on any atom is 0.280 e. The number of aliphatic hydroxyl groups excluding tert-OH is 1. The van der Waals surface area contributed by atoms with Crippen LogP contribution < -0.4 is 14.2 Å². The third-order valence-corrected chi connectivity index (χ3v) is 8.24. The van der Waals surface area contributed by atoms with E-state index < -0.39 is 16.1 Å². The van der Waals surface area contributed by atoms with Gasteiger partial charge in [-0.3, -0.25) is 14.4 Å². The molecule has 2 heterocycles. The van der Waals surface area contributed by atoms with Gasteiger partial charge in [0.25, 0.3) is 15.9 Å². The molecule has 0 saturated heterocycles. The predicted octanol–water partition coefficient (Wildman–Crippen LogP) is 2.58. The lowest BCUT2D eigenvalue weighted by atomic mass is 9.99. The van der Waals surface area contributed by atoms with Gasteiger partial charge in [-0.25, -0.2) is 4.98 Å². The van der Waals surface area contributed by atoms with Gasteiger partial charge < -0.3 is 24.0 Å². The van der Waals surface area contributed by atoms with Crippen LogP contribution in [0.1, 0.15) is 29.8 Å². The number of imidazole rings is 1. The van der Waals surface area contributed by atoms with Gasteiger partial charge in [-0.05, 0) is 49.9 Å². The van der Waals surface area contributed by atoms with Crippen molar-refractivity contribution in [3.05, 3.63) is 66.1 Å². The number of aryl methyl sites for hydroxylation is 1. The molecule has 2 N–H and O–H groups in total. The second-order valence-corrected chi connectivity index (χ2v) is 12.0. The number of aromatic nitrogens is 2. The van der Waals surface area contributed by atoms with Crippen molar-refractivity contribution in [3.8, 4) is 11.5 Å². The number of likely N-dealkylation sites (N-methyl/N-ethyl adjacent to an activating group) is 1. The average molecular weight is 572 g/mol. The zero-order valence-electron chi connectivity index (χ0n) is 23.4. The van der Waals surface area contributed by atoms with Crippen LogP contribution in [0.5, 0.6) is 11.5 Å². The molecule has 0 radical (unpaired) electrons. The number of aliphatic hydroxyl groups is 1. The molecule has 0 aliphatic carbocycles. The molecule has 0 fully saturated rings. The van der Waals surface area contributed by atoms with Crippen LogP contribution in [-0.4, -0.2) is 84.8 Å². The topological polar surface area (TPSA) is 126 Å². The molecule has 1 aromatic heterocycles. The fraction of sp³-hybridized carbons (Fsp3) is 0.429. The standard InChI is InChI=1S/C28H37N5O6S/c1-19-13-33(20(2)17-34)28(35)24-12-22(30-40(36,37)27-16-32(4)18-29-27)8-11-25(24)39-26(19)15-31(3)14-21-6-9-23(38-5)10-7-21/h6-12,16,18-20,26,30,34H,13-15,17H2,1-5H3/t19-,20+,26-/m0/s1. The van der Waals surface area contributed by atoms with E-state index in [0.29, 0.717) is 25.4 Å². The molecule has 3 aromatic rings. The third kappa shape index (κ3) is 6.75. The molecule has 0 bridgehead atoms. The molecule has 1 aliphatic heterocycles. The van der Waals surface area contributed by atoms with E-state index in [1.54, 1.807) is 38.1 Å². The van der Waals surface area contributed by atoms with Crippen molar-refractivity contribution < 1.29 is 27.8 Å². The molecule has 1 aliphatic rings. The number of ether oxygens (including phenoxy) is 2. The van der Waals surface area contributed by atoms with Gasteiger partial charge in [0.15, 0.2) is 5.03 Å². The Kier molecular flexibility index (Phi) is 9.02. The van der Waals surface area contributed by atoms with Gasteiger partial charge in [-0.1, -0.05) is 19.1 Å². The van der Waals surface area contributed by atoms with Crippen molar-refractivity contribution in [2.45, 2.75) is 37.6 Å². The second kappa shape index (κ2) is 12.3. The van der Waals surface area contributed by atoms with E-state index in [-0.39, 0.29) is 40.8 Å². The normalized spacial score (nSPS) is 18.5. The fourth-order valence-corrected chi connectivity index (χ4v) is 5.69. The smallest absolute Gasteiger partial charge is 0.280 e. The quantitative estimate of drug-likeness (QED) is 0.380. The molecular weight excluding hydrogens is 534 g/mol. The molecule has 0 spiro atoms. The summed E-state index contributed by atoms with van der Waals surface area (Å²) in [5.41, 5.74) is 1.55. The Balaban J connectivity index is 1.60. The summed E-state index contributed by atoms with van der Waals surface area (Å²) >= 11 is 0. The molecular formula is C28H37N5O6S. The lowest BCUT2D eigenvalue weighted by molar-refractivity contribution is 0.0341. The fourth-order valence-electron chi connectivity index (χ4n) is 4.65. The maximum absolute atomic E-state index is 13.7. The van der Waals surface area contributed by atoms with Crippen molar-refractivity contribution >= 4 is 21.6 Å². The zero-order chi connectivity index (χ0) is 29.0. The number of nitrogens with zero attached hydrogens (tertiary/aromatic N) is 4. The molecule has 3 atom stereocenters. The highest BCUT2D eigenvalue weighted by Gasteiger charge is 2.34. The van der Waals surface area contributed by atoms with Crippen molar-refractivity contribution in [1.29, 1.82) is 0 Å². The number of carbonyl (C=O) groups is 1. The van der Waals surface area contributed by atoms with E-state index in [1.165, 1.54) is 23.2 Å². The van der Waals surface area contributed by atoms with Crippen LogP contribution in [0.3, 0.4) is 0 Å². The van der Waals surface area contributed by atoms with Gasteiger partial charge in [0.2, 0.25) is 0 Å². The number of carbonyl (C=O) groups excluding carboxylic acids is 1. The number of hydrogen-bond donors (Lipinski definition) is 2. The number of methoxy groups -OCH3 is 1. The minimum Gasteiger partial charge on any atom is -0.497 e. The summed E-state index contributed by atoms with van der Waals surface area (Å²) in [6, 6.07) is 12.1. The third-order valence-electron chi connectivity index (χ3n) is 6.98. The number of fused-ring (bicyclic) bond motifs is 1. The van der Waals surface area contributed by atoms with Gasteiger partial charge in [-0.15, -0.1) is 0 Å². The number of nitrogens with one attached hydrogen (secondary N) is 1. The lowest BCUT2D eigenvalue weighted by Crippen LogP contribution is -2.49. The van der Waals surface area contributed by atoms with Crippen molar-refractivity contribution in [3.63, 3.8) is 0 Å². The molecule has 1 amide bonds. The van der Waals surface area contributed by atoms with Crippen LogP contribution in [0.25, 0.3) is 0 Å². The summed E-state index contributed by atoms with van der Waals surface area (Å²) < 4.78 is 41.4. The maximum atomic E-state index is 13.7. The highest BCUT2D eigenvalue weighted by molar-refractivity contribution is 7.92. The van der Waals surface area contributed by atoms with Crippen LogP contribution in [0.15, 0.2) is 60.0 Å². The van der Waals surface area contributed by atoms with E-state index in [1.807, 2.05) is 38.2 Å². The number of hydrogen-bond acceptors (Lipinski definition) is 8. The SMILES string of the molecule is COc1ccc(CN(C)C[C@@H]2Oc3ccc(NS(=O)(=O)c4cn(C)cn4)cc3C(=O)N([C@H](C)CO)C[C@@H]2C)cc1. The first kappa shape index (κ1) is 29.4. The molecule has 216 valence electrons. The van der Waals surface area contributed by atoms with Crippen LogP contribution in [-0.2, 0) is 23.6 Å². The molecule has 0 unspecified atom stereocenters. The summed E-state index contributed by atoms with van der Waals surface area (Å²) in [5, 5.41) is 9.78. The Hall–Kier alpha value is -3.61. The Labute approximate surface area is 235 Å². The summed E-state index contributed by atoms with van der Waals surface area (Å²) in [7, 11) is 1.36. The van der Waals surface area contributed by atoms with Crippen molar-refractivity contribution in [2.75, 3.05) is 38.6 Å². The molecule has 2 aromatic carbocycles. The van der Waals surface area contributed by atoms with Crippen molar-refractivity contribution in [1.82, 2.24) is 19.4 Å². The van der Waals surface area contributed by atoms with Gasteiger partial charge in [-0.2, -0.15) is 8.42 Å². The first-order valence-corrected chi connectivity index (χ1v) is 14.5. The molecule has 4 rings (SSSR count). The number of amides is 1. The van der Waals surface area contributed by atoms with Gasteiger partial charge in [0, 0.05) is 44.5 Å². The summed E-state index contributed by atoms with van der Waals surface area (Å²) in [4.78, 5) is 21.4. The van der Waals surface area contributed by atoms with Crippen LogP contribution in [0, 0.1) is 5.92 Å². The number of rotatable bonds is 10. The largest absolute Gasteiger partial charge is 0.497 e. The first-order valence-electron chi connectivity index (χ1n) is 13.1. The Morgan fingerprint density at radius 1 is 1.25 bits per heavy atom. The predicted molar refractivity (Wildman–Crippen MR) is 151 cm³/mol. The Morgan fingerprint density at radius 3 is 2.60 bits per heavy atom. The lowest BCUT2D eigenvalue weighted by Gasteiger charge is -2.38. The first-order chi connectivity index (χ1) is 19.0. The molecule has 11 nitrogen and oxygen atoms in total. The Bertz CT molecular complexity index is 1430. The monoisotopic (exact) mass is 571 g/mol. The highest BCUT2D eigenvalue weighted by Crippen LogP contribution is 2.31. The minimum atomic E-state index is -3.96. The minimum absolute atomic E-state index is 0.0493. The number of benzene rings is 2. The molecule has 0 saturated carbocycles. The van der Waals surface area contributed by atoms with Crippen LogP contribution >= 0.6 is 0 Å². The summed E-state index contributed by atoms with van der Waals surface area (Å²) in [6.45, 7) is 5.24. The summed E-state index contributed by atoms with van der Waals surface area (Å²) in [6.07, 6.45) is 2.51. The van der Waals surface area contributed by atoms with E-state index in [9.17, 15) is 18.3 Å². The second-order valence-electron chi connectivity index (χ2n) is 10.4. The van der Waals surface area contributed by atoms with Gasteiger partial charge in [0.1, 0.15) is 17.6 Å². The van der Waals surface area contributed by atoms with E-state index in [2.05, 4.69) is 14.6 Å². The summed E-state index contributed by atoms with van der Waals surface area (Å²) in [5.74, 6) is 0.763. The molecule has 40 heavy (non-hydrogen) atoms. The van der Waals surface area contributed by atoms with Crippen LogP contribution in [0.4, 0.5) is 5.69 Å². The van der Waals surface area contributed by atoms with Crippen molar-refractivity contribution in [2.24, 2.45) is 13.0 Å². The van der Waals surface area contributed by atoms with Gasteiger partial charge in [0.05, 0.1) is 31.6 Å². The average Bonchev–Trinajstić information content (AvgIpc) is 3.38. The number of anilines is 1. The van der Waals surface area contributed by atoms with Crippen LogP contribution in [0.2, 0.25) is 0 Å². The van der Waals surface area contributed by atoms with E-state index in [0.717, 1.165) is 11.3 Å². The van der Waals surface area contributed by atoms with E-state index in [4.69, 9.17) is 9.47 Å².